The fraction of sp³-hybridized carbons (Fsp3) is 0.278. The van der Waals surface area contributed by atoms with Crippen LogP contribution < -0.4 is 15.1 Å². The van der Waals surface area contributed by atoms with Gasteiger partial charge in [0.15, 0.2) is 0 Å². The first-order valence-corrected chi connectivity index (χ1v) is 9.24. The predicted octanol–water partition coefficient (Wildman–Crippen LogP) is 2.69. The molecule has 3 rings (SSSR count). The van der Waals surface area contributed by atoms with E-state index in [0.29, 0.717) is 34.4 Å². The van der Waals surface area contributed by atoms with Crippen LogP contribution in [0.3, 0.4) is 0 Å². The van der Waals surface area contributed by atoms with Gasteiger partial charge in [0.05, 0.1) is 35.6 Å². The number of rotatable bonds is 5. The van der Waals surface area contributed by atoms with Crippen LogP contribution in [-0.4, -0.2) is 52.3 Å². The summed E-state index contributed by atoms with van der Waals surface area (Å²) in [5.74, 6) is -0.518. The molecule has 7 nitrogen and oxygen atoms in total. The molecule has 2 heterocycles. The summed E-state index contributed by atoms with van der Waals surface area (Å²) in [5, 5.41) is 2.96. The lowest BCUT2D eigenvalue weighted by Gasteiger charge is -2.21. The van der Waals surface area contributed by atoms with Crippen molar-refractivity contribution in [2.75, 3.05) is 29.9 Å². The minimum absolute atomic E-state index is 0.265. The molecule has 1 N–H and O–H groups in total. The zero-order valence-electron chi connectivity index (χ0n) is 15.3. The Labute approximate surface area is 172 Å². The molecule has 1 amide bonds. The topological polar surface area (TPSA) is 70.6 Å². The number of hydrogen-bond acceptors (Lipinski definition) is 6. The number of thiocarbonyl (C=S) groups is 2. The largest absolute Gasteiger partial charge is 0.442 e. The molecule has 1 atom stereocenters. The number of nitrogens with zero attached hydrogens (tertiary/aromatic N) is 4. The van der Waals surface area contributed by atoms with Crippen molar-refractivity contribution in [3.05, 3.63) is 48.3 Å². The minimum Gasteiger partial charge on any atom is -0.442 e. The molecule has 2 aromatic rings. The average molecular weight is 420 g/mol. The highest BCUT2D eigenvalue weighted by Crippen LogP contribution is 2.28. The van der Waals surface area contributed by atoms with E-state index in [9.17, 15) is 9.18 Å². The van der Waals surface area contributed by atoms with Gasteiger partial charge < -0.3 is 15.0 Å². The number of cyclic esters (lactones) is 1. The third-order valence-electron chi connectivity index (χ3n) is 4.14. The van der Waals surface area contributed by atoms with Crippen LogP contribution in [0, 0.1) is 5.82 Å². The standard InChI is InChI=1S/C18H18FN5O2S2/c1-11(27)22-8-13-10-24(18(25)26-13)12-3-4-16(14(19)7-12)23(2)17(28)15-9-20-5-6-21-15/h3-7,9,13H,8,10H2,1-2H3,(H,22,27)/t13-/m0/s1. The number of benzene rings is 1. The summed E-state index contributed by atoms with van der Waals surface area (Å²) in [6, 6.07) is 4.50. The molecule has 0 saturated carbocycles. The lowest BCUT2D eigenvalue weighted by molar-refractivity contribution is 0.143. The van der Waals surface area contributed by atoms with Crippen LogP contribution in [0.4, 0.5) is 20.6 Å². The Morgan fingerprint density at radius 2 is 2.21 bits per heavy atom. The molecular weight excluding hydrogens is 401 g/mol. The van der Waals surface area contributed by atoms with Crippen molar-refractivity contribution in [2.24, 2.45) is 0 Å². The summed E-state index contributed by atoms with van der Waals surface area (Å²) >= 11 is 10.3. The van der Waals surface area contributed by atoms with Gasteiger partial charge >= 0.3 is 6.09 Å². The molecule has 1 aromatic heterocycles. The van der Waals surface area contributed by atoms with Gasteiger partial charge in [-0.15, -0.1) is 0 Å². The van der Waals surface area contributed by atoms with Crippen molar-refractivity contribution < 1.29 is 13.9 Å². The van der Waals surface area contributed by atoms with Gasteiger partial charge in [-0.1, -0.05) is 24.4 Å². The zero-order chi connectivity index (χ0) is 20.3. The molecule has 146 valence electrons. The van der Waals surface area contributed by atoms with E-state index in [4.69, 9.17) is 29.2 Å². The zero-order valence-corrected chi connectivity index (χ0v) is 16.9. The highest BCUT2D eigenvalue weighted by molar-refractivity contribution is 7.81. The number of carbonyl (C=O) groups is 1. The molecule has 28 heavy (non-hydrogen) atoms. The third kappa shape index (κ3) is 4.39. The number of aromatic nitrogens is 2. The predicted molar refractivity (Wildman–Crippen MR) is 112 cm³/mol. The Morgan fingerprint density at radius 1 is 1.43 bits per heavy atom. The van der Waals surface area contributed by atoms with Gasteiger partial charge in [0.1, 0.15) is 22.6 Å². The van der Waals surface area contributed by atoms with E-state index in [1.165, 1.54) is 34.5 Å². The number of amides is 1. The molecule has 0 unspecified atom stereocenters. The van der Waals surface area contributed by atoms with Crippen LogP contribution in [-0.2, 0) is 4.74 Å². The van der Waals surface area contributed by atoms with Crippen molar-refractivity contribution in [1.82, 2.24) is 15.3 Å². The van der Waals surface area contributed by atoms with Crippen molar-refractivity contribution in [2.45, 2.75) is 13.0 Å². The molecule has 10 heteroatoms. The van der Waals surface area contributed by atoms with Crippen LogP contribution in [0.2, 0.25) is 0 Å². The van der Waals surface area contributed by atoms with Crippen LogP contribution in [0.1, 0.15) is 12.6 Å². The maximum absolute atomic E-state index is 14.8. The van der Waals surface area contributed by atoms with Gasteiger partial charge in [-0.2, -0.15) is 0 Å². The number of halogens is 1. The van der Waals surface area contributed by atoms with Crippen molar-refractivity contribution >= 4 is 51.9 Å². The second-order valence-corrected chi connectivity index (χ2v) is 7.14. The molecular formula is C18H18FN5O2S2. The smallest absolute Gasteiger partial charge is 0.414 e. The fourth-order valence-electron chi connectivity index (χ4n) is 2.72. The number of carbonyl (C=O) groups excluding carboxylic acids is 1. The Balaban J connectivity index is 1.74. The first-order chi connectivity index (χ1) is 13.4. The normalized spacial score (nSPS) is 15.9. The highest BCUT2D eigenvalue weighted by Gasteiger charge is 2.32. The van der Waals surface area contributed by atoms with Crippen LogP contribution >= 0.6 is 24.4 Å². The van der Waals surface area contributed by atoms with Gasteiger partial charge in [0, 0.05) is 19.4 Å². The summed E-state index contributed by atoms with van der Waals surface area (Å²) in [5.41, 5.74) is 1.14. The monoisotopic (exact) mass is 419 g/mol. The average Bonchev–Trinajstić information content (AvgIpc) is 3.06. The maximum atomic E-state index is 14.8. The molecule has 1 aliphatic rings. The van der Waals surface area contributed by atoms with E-state index in [1.54, 1.807) is 26.1 Å². The van der Waals surface area contributed by atoms with Crippen LogP contribution in [0.25, 0.3) is 0 Å². The molecule has 1 fully saturated rings. The second-order valence-electron chi connectivity index (χ2n) is 6.14. The summed E-state index contributed by atoms with van der Waals surface area (Å²) in [4.78, 5) is 24.1. The van der Waals surface area contributed by atoms with E-state index in [2.05, 4.69) is 15.3 Å². The second kappa shape index (κ2) is 8.53. The highest BCUT2D eigenvalue weighted by atomic mass is 32.1. The van der Waals surface area contributed by atoms with Crippen molar-refractivity contribution in [3.63, 3.8) is 0 Å². The first kappa shape index (κ1) is 20.0. The Kier molecular flexibility index (Phi) is 6.10. The molecule has 1 saturated heterocycles. The van der Waals surface area contributed by atoms with Crippen LogP contribution in [0.15, 0.2) is 36.8 Å². The van der Waals surface area contributed by atoms with Gasteiger partial charge in [-0.3, -0.25) is 14.9 Å². The lowest BCUT2D eigenvalue weighted by atomic mass is 10.2. The number of hydrogen-bond donors (Lipinski definition) is 1. The summed E-state index contributed by atoms with van der Waals surface area (Å²) in [6.45, 7) is 2.47. The fourth-order valence-corrected chi connectivity index (χ4v) is 3.01. The summed E-state index contributed by atoms with van der Waals surface area (Å²) in [6.07, 6.45) is 3.68. The number of nitrogens with one attached hydrogen (secondary N) is 1. The molecule has 0 aliphatic carbocycles. The molecule has 1 aliphatic heterocycles. The first-order valence-electron chi connectivity index (χ1n) is 8.43. The Morgan fingerprint density at radius 3 is 2.86 bits per heavy atom. The van der Waals surface area contributed by atoms with Gasteiger partial charge in [0.2, 0.25) is 0 Å². The maximum Gasteiger partial charge on any atom is 0.414 e. The van der Waals surface area contributed by atoms with E-state index < -0.39 is 11.9 Å². The Bertz CT molecular complexity index is 912. The van der Waals surface area contributed by atoms with Crippen LogP contribution in [0.5, 0.6) is 0 Å². The van der Waals surface area contributed by atoms with E-state index in [0.717, 1.165) is 0 Å². The van der Waals surface area contributed by atoms with Crippen molar-refractivity contribution in [1.29, 1.82) is 0 Å². The summed E-state index contributed by atoms with van der Waals surface area (Å²) < 4.78 is 20.1. The van der Waals surface area contributed by atoms with Gasteiger partial charge in [-0.25, -0.2) is 9.18 Å². The number of ether oxygens (including phenoxy) is 1. The van der Waals surface area contributed by atoms with Crippen molar-refractivity contribution in [3.8, 4) is 0 Å². The molecule has 0 radical (unpaired) electrons. The van der Waals surface area contributed by atoms with Gasteiger partial charge in [0.25, 0.3) is 0 Å². The number of anilines is 2. The quantitative estimate of drug-likeness (QED) is 0.742. The molecule has 0 bridgehead atoms. The minimum atomic E-state index is -0.524. The third-order valence-corrected chi connectivity index (χ3v) is 4.77. The van der Waals surface area contributed by atoms with E-state index >= 15 is 0 Å². The Hall–Kier alpha value is -2.72. The lowest BCUT2D eigenvalue weighted by Crippen LogP contribution is -2.32. The SMILES string of the molecule is CC(=S)NC[C@H]1CN(c2ccc(N(C)C(=S)c3cnccn3)c(F)c2)C(=O)O1. The van der Waals surface area contributed by atoms with E-state index in [-0.39, 0.29) is 11.8 Å². The molecule has 0 spiro atoms. The molecule has 1 aromatic carbocycles. The summed E-state index contributed by atoms with van der Waals surface area (Å²) in [7, 11) is 1.65. The van der Waals surface area contributed by atoms with Gasteiger partial charge in [-0.05, 0) is 25.1 Å². The van der Waals surface area contributed by atoms with E-state index in [1.807, 2.05) is 0 Å².